The summed E-state index contributed by atoms with van der Waals surface area (Å²) in [6.45, 7) is 10.4. The number of ether oxygens (including phenoxy) is 1. The number of guanidine groups is 1. The first-order chi connectivity index (χ1) is 14.6. The van der Waals surface area contributed by atoms with Crippen molar-refractivity contribution in [2.75, 3.05) is 39.8 Å². The van der Waals surface area contributed by atoms with Crippen LogP contribution in [-0.4, -0.2) is 62.6 Å². The van der Waals surface area contributed by atoms with Crippen LogP contribution in [0.3, 0.4) is 0 Å². The van der Waals surface area contributed by atoms with Gasteiger partial charge >= 0.3 is 0 Å². The molecule has 2 rings (SSSR count). The van der Waals surface area contributed by atoms with E-state index < -0.39 is 0 Å². The Hall–Kier alpha value is -1.55. The van der Waals surface area contributed by atoms with Crippen molar-refractivity contribution in [2.24, 2.45) is 4.99 Å². The summed E-state index contributed by atoms with van der Waals surface area (Å²) in [4.78, 5) is 19.4. The van der Waals surface area contributed by atoms with Gasteiger partial charge in [0.05, 0.1) is 19.7 Å². The van der Waals surface area contributed by atoms with Crippen molar-refractivity contribution in [1.29, 1.82) is 0 Å². The van der Waals surface area contributed by atoms with Crippen molar-refractivity contribution in [1.82, 2.24) is 20.9 Å². The molecule has 2 unspecified atom stereocenters. The molecule has 2 atom stereocenters. The molecule has 8 heteroatoms. The number of halogens is 1. The zero-order valence-corrected chi connectivity index (χ0v) is 21.8. The lowest BCUT2D eigenvalue weighted by atomic mass is 10.1. The Morgan fingerprint density at radius 3 is 2.42 bits per heavy atom. The standard InChI is InChI=1S/C23H39N5O2.HI/c1-5-18(3)27-22(29)13-14-25-23(24-6-2)26-17-21(28-15-7-8-16-28)19-9-11-20(30-4)12-10-19;/h9-12,18,21H,5-8,13-17H2,1-4H3,(H,27,29)(H2,24,25,26);1H. The van der Waals surface area contributed by atoms with Crippen LogP contribution in [0.5, 0.6) is 5.75 Å². The molecule has 0 aromatic heterocycles. The maximum atomic E-state index is 12.0. The zero-order chi connectivity index (χ0) is 21.8. The molecule has 1 aliphatic rings. The van der Waals surface area contributed by atoms with Crippen LogP contribution in [0.25, 0.3) is 0 Å². The SMILES string of the molecule is CCNC(=NCC(c1ccc(OC)cc1)N1CCCC1)NCCC(=O)NC(C)CC.I. The van der Waals surface area contributed by atoms with E-state index in [1.165, 1.54) is 18.4 Å². The highest BCUT2D eigenvalue weighted by Crippen LogP contribution is 2.27. The molecule has 0 bridgehead atoms. The van der Waals surface area contributed by atoms with Gasteiger partial charge in [-0.3, -0.25) is 14.7 Å². The van der Waals surface area contributed by atoms with Crippen LogP contribution in [0.1, 0.15) is 58.1 Å². The van der Waals surface area contributed by atoms with Gasteiger partial charge in [0, 0.05) is 25.6 Å². The topological polar surface area (TPSA) is 78.0 Å². The van der Waals surface area contributed by atoms with E-state index in [0.29, 0.717) is 19.5 Å². The van der Waals surface area contributed by atoms with Crippen LogP contribution in [0.4, 0.5) is 0 Å². The number of amides is 1. The van der Waals surface area contributed by atoms with Gasteiger partial charge < -0.3 is 20.7 Å². The van der Waals surface area contributed by atoms with Crippen molar-refractivity contribution in [2.45, 2.75) is 58.5 Å². The summed E-state index contributed by atoms with van der Waals surface area (Å²) in [5, 5.41) is 9.59. The fourth-order valence-electron chi connectivity index (χ4n) is 3.57. The molecule has 7 nitrogen and oxygen atoms in total. The smallest absolute Gasteiger partial charge is 0.221 e. The van der Waals surface area contributed by atoms with Gasteiger partial charge in [0.1, 0.15) is 5.75 Å². The van der Waals surface area contributed by atoms with Crippen LogP contribution in [0.15, 0.2) is 29.3 Å². The Morgan fingerprint density at radius 1 is 1.16 bits per heavy atom. The van der Waals surface area contributed by atoms with Crippen LogP contribution < -0.4 is 20.7 Å². The summed E-state index contributed by atoms with van der Waals surface area (Å²) >= 11 is 0. The second-order valence-electron chi connectivity index (χ2n) is 7.81. The first-order valence-corrected chi connectivity index (χ1v) is 11.3. The third-order valence-electron chi connectivity index (χ3n) is 5.51. The molecular weight excluding hydrogens is 505 g/mol. The van der Waals surface area contributed by atoms with E-state index in [1.807, 2.05) is 26.0 Å². The number of hydrogen-bond donors (Lipinski definition) is 3. The van der Waals surface area contributed by atoms with E-state index in [-0.39, 0.29) is 42.0 Å². The Labute approximate surface area is 204 Å². The first-order valence-electron chi connectivity index (χ1n) is 11.3. The molecule has 1 aliphatic heterocycles. The van der Waals surface area contributed by atoms with Gasteiger partial charge in [-0.2, -0.15) is 0 Å². The summed E-state index contributed by atoms with van der Waals surface area (Å²) in [6, 6.07) is 8.75. The summed E-state index contributed by atoms with van der Waals surface area (Å²) in [7, 11) is 1.69. The molecule has 3 N–H and O–H groups in total. The minimum absolute atomic E-state index is 0. The molecular formula is C23H40IN5O2. The Kier molecular flexibility index (Phi) is 13.6. The van der Waals surface area contributed by atoms with Crippen LogP contribution >= 0.6 is 24.0 Å². The maximum Gasteiger partial charge on any atom is 0.221 e. The van der Waals surface area contributed by atoms with Crippen molar-refractivity contribution in [3.05, 3.63) is 29.8 Å². The fourth-order valence-corrected chi connectivity index (χ4v) is 3.57. The van der Waals surface area contributed by atoms with E-state index in [2.05, 4.69) is 39.9 Å². The average molecular weight is 546 g/mol. The maximum absolute atomic E-state index is 12.0. The molecule has 0 saturated carbocycles. The van der Waals surface area contributed by atoms with Crippen molar-refractivity contribution >= 4 is 35.8 Å². The number of hydrogen-bond acceptors (Lipinski definition) is 4. The van der Waals surface area contributed by atoms with Gasteiger partial charge in [-0.25, -0.2) is 0 Å². The van der Waals surface area contributed by atoms with Gasteiger partial charge in [-0.05, 0) is 63.9 Å². The van der Waals surface area contributed by atoms with Gasteiger partial charge in [-0.15, -0.1) is 24.0 Å². The number of nitrogens with zero attached hydrogens (tertiary/aromatic N) is 2. The molecule has 1 saturated heterocycles. The normalized spacial score (nSPS) is 16.2. The number of benzene rings is 1. The minimum Gasteiger partial charge on any atom is -0.497 e. The Bertz CT molecular complexity index is 662. The van der Waals surface area contributed by atoms with E-state index in [0.717, 1.165) is 37.8 Å². The Morgan fingerprint density at radius 2 is 1.84 bits per heavy atom. The van der Waals surface area contributed by atoms with Crippen molar-refractivity contribution < 1.29 is 9.53 Å². The third kappa shape index (κ3) is 9.64. The summed E-state index contributed by atoms with van der Waals surface area (Å²) in [5.41, 5.74) is 1.25. The molecule has 0 radical (unpaired) electrons. The quantitative estimate of drug-likeness (QED) is 0.226. The summed E-state index contributed by atoms with van der Waals surface area (Å²) in [6.07, 6.45) is 3.84. The number of aliphatic imine (C=N–C) groups is 1. The van der Waals surface area contributed by atoms with E-state index in [1.54, 1.807) is 7.11 Å². The van der Waals surface area contributed by atoms with Gasteiger partial charge in [0.15, 0.2) is 5.96 Å². The molecule has 31 heavy (non-hydrogen) atoms. The number of carbonyl (C=O) groups excluding carboxylic acids is 1. The molecule has 0 spiro atoms. The molecule has 1 fully saturated rings. The van der Waals surface area contributed by atoms with Crippen molar-refractivity contribution in [3.8, 4) is 5.75 Å². The summed E-state index contributed by atoms with van der Waals surface area (Å²) < 4.78 is 5.31. The number of likely N-dealkylation sites (tertiary alicyclic amines) is 1. The lowest BCUT2D eigenvalue weighted by Crippen LogP contribution is -2.41. The minimum atomic E-state index is 0. The monoisotopic (exact) mass is 545 g/mol. The highest BCUT2D eigenvalue weighted by atomic mass is 127. The average Bonchev–Trinajstić information content (AvgIpc) is 3.28. The predicted octanol–water partition coefficient (Wildman–Crippen LogP) is 3.31. The third-order valence-corrected chi connectivity index (χ3v) is 5.51. The van der Waals surface area contributed by atoms with E-state index >= 15 is 0 Å². The lowest BCUT2D eigenvalue weighted by Gasteiger charge is -2.27. The first kappa shape index (κ1) is 27.5. The molecule has 1 aromatic carbocycles. The van der Waals surface area contributed by atoms with Gasteiger partial charge in [0.25, 0.3) is 0 Å². The largest absolute Gasteiger partial charge is 0.497 e. The van der Waals surface area contributed by atoms with Crippen LogP contribution in [0.2, 0.25) is 0 Å². The molecule has 0 aliphatic carbocycles. The lowest BCUT2D eigenvalue weighted by molar-refractivity contribution is -0.121. The number of rotatable bonds is 11. The van der Waals surface area contributed by atoms with Crippen LogP contribution in [0, 0.1) is 0 Å². The number of nitrogens with one attached hydrogen (secondary N) is 3. The molecule has 1 amide bonds. The second-order valence-corrected chi connectivity index (χ2v) is 7.81. The summed E-state index contributed by atoms with van der Waals surface area (Å²) in [5.74, 6) is 1.69. The second kappa shape index (κ2) is 15.3. The van der Waals surface area contributed by atoms with Gasteiger partial charge in [0.2, 0.25) is 5.91 Å². The van der Waals surface area contributed by atoms with E-state index in [9.17, 15) is 4.79 Å². The Balaban J connectivity index is 0.00000480. The predicted molar refractivity (Wildman–Crippen MR) is 138 cm³/mol. The fraction of sp³-hybridized carbons (Fsp3) is 0.652. The van der Waals surface area contributed by atoms with Crippen LogP contribution in [-0.2, 0) is 4.79 Å². The molecule has 1 aromatic rings. The zero-order valence-electron chi connectivity index (χ0n) is 19.4. The van der Waals surface area contributed by atoms with E-state index in [4.69, 9.17) is 9.73 Å². The highest BCUT2D eigenvalue weighted by molar-refractivity contribution is 14.0. The van der Waals surface area contributed by atoms with Gasteiger partial charge in [-0.1, -0.05) is 19.1 Å². The number of carbonyl (C=O) groups is 1. The number of methoxy groups -OCH3 is 1. The molecule has 1 heterocycles. The van der Waals surface area contributed by atoms with Crippen molar-refractivity contribution in [3.63, 3.8) is 0 Å². The molecule has 176 valence electrons. The highest BCUT2D eigenvalue weighted by Gasteiger charge is 2.23.